The predicted octanol–water partition coefficient (Wildman–Crippen LogP) is 1.77. The molecule has 1 saturated carbocycles. The summed E-state index contributed by atoms with van der Waals surface area (Å²) < 4.78 is 0. The van der Waals surface area contributed by atoms with Gasteiger partial charge in [0, 0.05) is 32.2 Å². The maximum atomic E-state index is 12.1. The van der Waals surface area contributed by atoms with Gasteiger partial charge in [-0.15, -0.1) is 0 Å². The standard InChI is InChI=1S/C16H19NO3/c18-8-4-7-17-11-14-15(19)9-13(10-16(14)20)12-5-2-1-3-6-12/h1-3,5-6,11,13-14,18H,4,7-10H2. The average molecular weight is 273 g/mol. The van der Waals surface area contributed by atoms with Gasteiger partial charge in [-0.2, -0.15) is 0 Å². The van der Waals surface area contributed by atoms with E-state index in [1.165, 1.54) is 6.21 Å². The Labute approximate surface area is 118 Å². The Morgan fingerprint density at radius 1 is 1.15 bits per heavy atom. The molecule has 0 radical (unpaired) electrons. The molecule has 4 nitrogen and oxygen atoms in total. The van der Waals surface area contributed by atoms with Gasteiger partial charge in [0.05, 0.1) is 0 Å². The third-order valence-electron chi connectivity index (χ3n) is 3.56. The molecule has 1 aromatic carbocycles. The summed E-state index contributed by atoms with van der Waals surface area (Å²) in [5, 5.41) is 8.66. The van der Waals surface area contributed by atoms with Crippen molar-refractivity contribution in [1.82, 2.24) is 0 Å². The molecule has 4 heteroatoms. The lowest BCUT2D eigenvalue weighted by Crippen LogP contribution is -2.33. The fourth-order valence-corrected chi connectivity index (χ4v) is 2.46. The van der Waals surface area contributed by atoms with E-state index in [-0.39, 0.29) is 24.1 Å². The van der Waals surface area contributed by atoms with Crippen LogP contribution < -0.4 is 0 Å². The Kier molecular flexibility index (Phi) is 5.18. The Balaban J connectivity index is 2.00. The largest absolute Gasteiger partial charge is 0.396 e. The Hall–Kier alpha value is -1.81. The van der Waals surface area contributed by atoms with Crippen LogP contribution in [0.25, 0.3) is 0 Å². The number of hydrogen-bond acceptors (Lipinski definition) is 4. The van der Waals surface area contributed by atoms with Gasteiger partial charge in [0.15, 0.2) is 0 Å². The van der Waals surface area contributed by atoms with Crippen LogP contribution >= 0.6 is 0 Å². The van der Waals surface area contributed by atoms with Crippen molar-refractivity contribution in [3.63, 3.8) is 0 Å². The summed E-state index contributed by atoms with van der Waals surface area (Å²) in [5.41, 5.74) is 1.05. The third-order valence-corrected chi connectivity index (χ3v) is 3.56. The summed E-state index contributed by atoms with van der Waals surface area (Å²) in [5.74, 6) is -0.794. The van der Waals surface area contributed by atoms with Crippen LogP contribution in [-0.2, 0) is 9.59 Å². The van der Waals surface area contributed by atoms with Gasteiger partial charge in [-0.3, -0.25) is 14.6 Å². The molecule has 0 saturated heterocycles. The van der Waals surface area contributed by atoms with Gasteiger partial charge in [-0.05, 0) is 17.9 Å². The zero-order chi connectivity index (χ0) is 14.4. The fourth-order valence-electron chi connectivity index (χ4n) is 2.46. The minimum atomic E-state index is -0.686. The van der Waals surface area contributed by atoms with Crippen LogP contribution in [0.15, 0.2) is 35.3 Å². The molecule has 0 aromatic heterocycles. The highest BCUT2D eigenvalue weighted by Gasteiger charge is 2.34. The number of nitrogens with zero attached hydrogens (tertiary/aromatic N) is 1. The highest BCUT2D eigenvalue weighted by Crippen LogP contribution is 2.31. The molecule has 1 aromatic rings. The van der Waals surface area contributed by atoms with Crippen LogP contribution in [-0.4, -0.2) is 36.0 Å². The Morgan fingerprint density at radius 2 is 1.80 bits per heavy atom. The van der Waals surface area contributed by atoms with E-state index in [0.717, 1.165) is 5.56 Å². The number of carbonyl (C=O) groups is 2. The average Bonchev–Trinajstić information content (AvgIpc) is 2.46. The van der Waals surface area contributed by atoms with E-state index >= 15 is 0 Å². The number of aliphatic imine (C=N–C) groups is 1. The molecule has 0 aliphatic heterocycles. The van der Waals surface area contributed by atoms with Gasteiger partial charge in [-0.25, -0.2) is 0 Å². The lowest BCUT2D eigenvalue weighted by atomic mass is 9.77. The minimum absolute atomic E-state index is 0.00158. The van der Waals surface area contributed by atoms with Crippen molar-refractivity contribution >= 4 is 17.8 Å². The first-order chi connectivity index (χ1) is 9.72. The molecule has 1 aliphatic carbocycles. The van der Waals surface area contributed by atoms with E-state index in [9.17, 15) is 9.59 Å². The van der Waals surface area contributed by atoms with Crippen molar-refractivity contribution in [1.29, 1.82) is 0 Å². The number of rotatable bonds is 5. The molecular formula is C16H19NO3. The van der Waals surface area contributed by atoms with E-state index in [2.05, 4.69) is 4.99 Å². The summed E-state index contributed by atoms with van der Waals surface area (Å²) in [4.78, 5) is 28.2. The number of hydrogen-bond donors (Lipinski definition) is 1. The topological polar surface area (TPSA) is 66.7 Å². The van der Waals surface area contributed by atoms with Crippen molar-refractivity contribution < 1.29 is 14.7 Å². The first kappa shape index (κ1) is 14.6. The van der Waals surface area contributed by atoms with E-state index in [0.29, 0.717) is 25.8 Å². The molecule has 1 fully saturated rings. The number of ketones is 2. The molecule has 1 aliphatic rings. The quantitative estimate of drug-likeness (QED) is 0.505. The normalized spacial score (nSPS) is 23.4. The fraction of sp³-hybridized carbons (Fsp3) is 0.438. The van der Waals surface area contributed by atoms with Gasteiger partial charge in [0.1, 0.15) is 17.5 Å². The van der Waals surface area contributed by atoms with Crippen LogP contribution in [0.5, 0.6) is 0 Å². The minimum Gasteiger partial charge on any atom is -0.396 e. The zero-order valence-corrected chi connectivity index (χ0v) is 11.4. The summed E-state index contributed by atoms with van der Waals surface area (Å²) in [6.45, 7) is 0.523. The second-order valence-corrected chi connectivity index (χ2v) is 5.06. The van der Waals surface area contributed by atoms with Gasteiger partial charge >= 0.3 is 0 Å². The first-order valence-electron chi connectivity index (χ1n) is 6.93. The summed E-state index contributed by atoms with van der Waals surface area (Å²) in [6, 6.07) is 9.69. The SMILES string of the molecule is O=C1CC(c2ccccc2)CC(=O)C1C=NCCCO. The number of aliphatic hydroxyl groups is 1. The second kappa shape index (κ2) is 7.10. The number of benzene rings is 1. The molecule has 1 N–H and O–H groups in total. The smallest absolute Gasteiger partial charge is 0.149 e. The third kappa shape index (κ3) is 3.61. The molecule has 0 atom stereocenters. The van der Waals surface area contributed by atoms with Crippen molar-refractivity contribution in [3.05, 3.63) is 35.9 Å². The summed E-state index contributed by atoms with van der Waals surface area (Å²) >= 11 is 0. The molecule has 20 heavy (non-hydrogen) atoms. The van der Waals surface area contributed by atoms with Crippen molar-refractivity contribution in [2.45, 2.75) is 25.2 Å². The van der Waals surface area contributed by atoms with Crippen molar-refractivity contribution in [2.75, 3.05) is 13.2 Å². The van der Waals surface area contributed by atoms with Crippen LogP contribution in [0.2, 0.25) is 0 Å². The van der Waals surface area contributed by atoms with E-state index in [4.69, 9.17) is 5.11 Å². The van der Waals surface area contributed by atoms with Crippen LogP contribution in [0, 0.1) is 5.92 Å². The predicted molar refractivity (Wildman–Crippen MR) is 77.0 cm³/mol. The van der Waals surface area contributed by atoms with E-state index < -0.39 is 5.92 Å². The molecule has 0 amide bonds. The van der Waals surface area contributed by atoms with Gasteiger partial charge < -0.3 is 5.11 Å². The van der Waals surface area contributed by atoms with Crippen molar-refractivity contribution in [3.8, 4) is 0 Å². The number of aliphatic hydroxyl groups excluding tert-OH is 1. The lowest BCUT2D eigenvalue weighted by Gasteiger charge is -2.24. The van der Waals surface area contributed by atoms with Gasteiger partial charge in [0.25, 0.3) is 0 Å². The second-order valence-electron chi connectivity index (χ2n) is 5.06. The number of carbonyl (C=O) groups excluding carboxylic acids is 2. The Bertz CT molecular complexity index is 478. The lowest BCUT2D eigenvalue weighted by molar-refractivity contribution is -0.133. The monoisotopic (exact) mass is 273 g/mol. The maximum Gasteiger partial charge on any atom is 0.149 e. The molecule has 0 spiro atoms. The van der Waals surface area contributed by atoms with Crippen LogP contribution in [0.1, 0.15) is 30.7 Å². The highest BCUT2D eigenvalue weighted by molar-refractivity contribution is 6.16. The van der Waals surface area contributed by atoms with E-state index in [1.54, 1.807) is 0 Å². The Morgan fingerprint density at radius 3 is 2.40 bits per heavy atom. The molecule has 0 bridgehead atoms. The van der Waals surface area contributed by atoms with Crippen molar-refractivity contribution in [2.24, 2.45) is 10.9 Å². The molecular weight excluding hydrogens is 254 g/mol. The highest BCUT2D eigenvalue weighted by atomic mass is 16.3. The van der Waals surface area contributed by atoms with E-state index in [1.807, 2.05) is 30.3 Å². The maximum absolute atomic E-state index is 12.1. The van der Waals surface area contributed by atoms with Gasteiger partial charge in [0.2, 0.25) is 0 Å². The molecule has 2 rings (SSSR count). The van der Waals surface area contributed by atoms with Gasteiger partial charge in [-0.1, -0.05) is 30.3 Å². The van der Waals surface area contributed by atoms with Crippen LogP contribution in [0.3, 0.4) is 0 Å². The molecule has 0 heterocycles. The number of Topliss-reactive ketones (excluding diaryl/α,β-unsaturated/α-hetero) is 2. The van der Waals surface area contributed by atoms with Crippen LogP contribution in [0.4, 0.5) is 0 Å². The first-order valence-corrected chi connectivity index (χ1v) is 6.93. The zero-order valence-electron chi connectivity index (χ0n) is 11.4. The summed E-state index contributed by atoms with van der Waals surface area (Å²) in [6.07, 6.45) is 2.80. The molecule has 106 valence electrons. The summed E-state index contributed by atoms with van der Waals surface area (Å²) in [7, 11) is 0. The molecule has 0 unspecified atom stereocenters.